The first-order valence-electron chi connectivity index (χ1n) is 10.6. The lowest BCUT2D eigenvalue weighted by Crippen LogP contribution is -2.48. The molecule has 1 N–H and O–H groups in total. The Labute approximate surface area is 195 Å². The van der Waals surface area contributed by atoms with Crippen molar-refractivity contribution in [3.05, 3.63) is 42.0 Å². The van der Waals surface area contributed by atoms with E-state index in [2.05, 4.69) is 10.3 Å². The molecule has 11 heteroatoms. The minimum Gasteiger partial charge on any atom is -0.486 e. The molecule has 174 valence electrons. The second-order valence-corrected chi connectivity index (χ2v) is 11.0. The summed E-state index contributed by atoms with van der Waals surface area (Å²) < 4.78 is 45.1. The highest BCUT2D eigenvalue weighted by molar-refractivity contribution is 7.89. The largest absolute Gasteiger partial charge is 0.486 e. The summed E-state index contributed by atoms with van der Waals surface area (Å²) in [4.78, 5) is 17.3. The number of sulfonamides is 1. The number of nitrogens with zero attached hydrogens (tertiary/aromatic N) is 2. The molecule has 0 saturated carbocycles. The average Bonchev–Trinajstić information content (AvgIpc) is 3.17. The Kier molecular flexibility index (Phi) is 5.73. The minimum absolute atomic E-state index is 0.144. The number of thiazole rings is 1. The van der Waals surface area contributed by atoms with Gasteiger partial charge in [-0.1, -0.05) is 11.3 Å². The molecule has 2 aliphatic rings. The number of nitrogens with one attached hydrogen (secondary N) is 1. The highest BCUT2D eigenvalue weighted by atomic mass is 32.2. The molecule has 2 aliphatic heterocycles. The molecule has 0 aliphatic carbocycles. The van der Waals surface area contributed by atoms with E-state index in [9.17, 15) is 13.2 Å². The highest BCUT2D eigenvalue weighted by Gasteiger charge is 2.32. The summed E-state index contributed by atoms with van der Waals surface area (Å²) in [6.45, 7) is 5.28. The lowest BCUT2D eigenvalue weighted by atomic mass is 10.2. The smallest absolute Gasteiger partial charge is 0.257 e. The van der Waals surface area contributed by atoms with E-state index in [0.29, 0.717) is 54.0 Å². The second kappa shape index (κ2) is 8.56. The lowest BCUT2D eigenvalue weighted by Gasteiger charge is -2.34. The number of anilines is 1. The zero-order valence-corrected chi connectivity index (χ0v) is 19.7. The number of carbonyl (C=O) groups is 1. The van der Waals surface area contributed by atoms with Gasteiger partial charge in [-0.05, 0) is 38.1 Å². The quantitative estimate of drug-likeness (QED) is 0.600. The topological polar surface area (TPSA) is 107 Å². The van der Waals surface area contributed by atoms with Crippen molar-refractivity contribution in [2.45, 2.75) is 31.0 Å². The van der Waals surface area contributed by atoms with Crippen molar-refractivity contribution in [1.29, 1.82) is 0 Å². The lowest BCUT2D eigenvalue weighted by molar-refractivity contribution is -0.0440. The number of fused-ring (bicyclic) bond motifs is 2. The Hall–Kier alpha value is -2.73. The number of ether oxygens (including phenoxy) is 3. The third-order valence-electron chi connectivity index (χ3n) is 5.41. The molecule has 2 aromatic carbocycles. The molecular weight excluding hydrogens is 466 g/mol. The van der Waals surface area contributed by atoms with Crippen molar-refractivity contribution in [1.82, 2.24) is 9.29 Å². The summed E-state index contributed by atoms with van der Waals surface area (Å²) in [7, 11) is -3.67. The van der Waals surface area contributed by atoms with E-state index < -0.39 is 10.0 Å². The van der Waals surface area contributed by atoms with Gasteiger partial charge in [0.15, 0.2) is 16.6 Å². The van der Waals surface area contributed by atoms with Gasteiger partial charge in [-0.2, -0.15) is 4.31 Å². The van der Waals surface area contributed by atoms with Gasteiger partial charge in [-0.15, -0.1) is 0 Å². The molecule has 0 unspecified atom stereocenters. The van der Waals surface area contributed by atoms with Crippen LogP contribution in [0.4, 0.5) is 5.13 Å². The SMILES string of the molecule is C[C@H]1CN(S(=O)(=O)c2ccc(C(=O)Nc3nc4cc5c(cc4s3)OCCO5)cc2)C[C@H](C)O1. The molecule has 1 fully saturated rings. The zero-order valence-electron chi connectivity index (χ0n) is 18.1. The third-order valence-corrected chi connectivity index (χ3v) is 8.19. The number of morpholine rings is 1. The molecule has 3 aromatic rings. The van der Waals surface area contributed by atoms with E-state index in [-0.39, 0.29) is 23.0 Å². The number of rotatable bonds is 4. The highest BCUT2D eigenvalue weighted by Crippen LogP contribution is 2.38. The van der Waals surface area contributed by atoms with Gasteiger partial charge >= 0.3 is 0 Å². The van der Waals surface area contributed by atoms with E-state index in [4.69, 9.17) is 14.2 Å². The minimum atomic E-state index is -3.67. The van der Waals surface area contributed by atoms with Crippen LogP contribution in [0.5, 0.6) is 11.5 Å². The van der Waals surface area contributed by atoms with Gasteiger partial charge in [0, 0.05) is 30.8 Å². The monoisotopic (exact) mass is 489 g/mol. The first kappa shape index (κ1) is 22.1. The fraction of sp³-hybridized carbons (Fsp3) is 0.364. The molecular formula is C22H23N3O6S2. The number of benzene rings is 2. The van der Waals surface area contributed by atoms with Crippen LogP contribution < -0.4 is 14.8 Å². The van der Waals surface area contributed by atoms with Crippen LogP contribution in [0.3, 0.4) is 0 Å². The number of aromatic nitrogens is 1. The van der Waals surface area contributed by atoms with Crippen LogP contribution in [-0.2, 0) is 14.8 Å². The van der Waals surface area contributed by atoms with Crippen molar-refractivity contribution >= 4 is 42.6 Å². The van der Waals surface area contributed by atoms with E-state index >= 15 is 0 Å². The molecule has 0 bridgehead atoms. The number of carbonyl (C=O) groups excluding carboxylic acids is 1. The van der Waals surface area contributed by atoms with Crippen LogP contribution in [0.2, 0.25) is 0 Å². The Morgan fingerprint density at radius 3 is 2.36 bits per heavy atom. The van der Waals surface area contributed by atoms with Crippen LogP contribution >= 0.6 is 11.3 Å². The first-order valence-corrected chi connectivity index (χ1v) is 12.8. The summed E-state index contributed by atoms with van der Waals surface area (Å²) in [6.07, 6.45) is -0.350. The van der Waals surface area contributed by atoms with Crippen LogP contribution in [0.25, 0.3) is 10.2 Å². The Balaban J connectivity index is 1.31. The summed E-state index contributed by atoms with van der Waals surface area (Å²) in [5, 5.41) is 3.22. The standard InChI is InChI=1S/C22H23N3O6S2/c1-13-11-25(12-14(2)31-13)33(27,28)16-5-3-15(4-6-16)21(26)24-22-23-17-9-18-19(10-20(17)32-22)30-8-7-29-18/h3-6,9-10,13-14H,7-8,11-12H2,1-2H3,(H,23,24,26)/t13-,14-/m0/s1. The van der Waals surface area contributed by atoms with Gasteiger partial charge in [0.1, 0.15) is 13.2 Å². The van der Waals surface area contributed by atoms with Gasteiger partial charge in [0.25, 0.3) is 5.91 Å². The molecule has 1 saturated heterocycles. The summed E-state index contributed by atoms with van der Waals surface area (Å²) >= 11 is 1.33. The maximum absolute atomic E-state index is 13.0. The van der Waals surface area contributed by atoms with E-state index in [1.807, 2.05) is 19.9 Å². The molecule has 5 rings (SSSR count). The van der Waals surface area contributed by atoms with E-state index in [0.717, 1.165) is 4.70 Å². The second-order valence-electron chi connectivity index (χ2n) is 8.04. The zero-order chi connectivity index (χ0) is 23.2. The Bertz CT molecular complexity index is 1250. The maximum atomic E-state index is 13.0. The predicted octanol–water partition coefficient (Wildman–Crippen LogP) is 3.12. The number of hydrogen-bond acceptors (Lipinski definition) is 8. The Morgan fingerprint density at radius 2 is 1.70 bits per heavy atom. The number of amides is 1. The summed E-state index contributed by atoms with van der Waals surface area (Å²) in [5.41, 5.74) is 1.04. The van der Waals surface area contributed by atoms with Crippen molar-refractivity contribution in [3.8, 4) is 11.5 Å². The van der Waals surface area contributed by atoms with Crippen molar-refractivity contribution in [3.63, 3.8) is 0 Å². The van der Waals surface area contributed by atoms with Gasteiger partial charge in [-0.25, -0.2) is 13.4 Å². The molecule has 33 heavy (non-hydrogen) atoms. The summed E-state index contributed by atoms with van der Waals surface area (Å²) in [6, 6.07) is 9.56. The van der Waals surface area contributed by atoms with Gasteiger partial charge < -0.3 is 14.2 Å². The van der Waals surface area contributed by atoms with Crippen LogP contribution in [-0.4, -0.2) is 62.1 Å². The van der Waals surface area contributed by atoms with E-state index in [1.54, 1.807) is 6.07 Å². The van der Waals surface area contributed by atoms with E-state index in [1.165, 1.54) is 39.9 Å². The fourth-order valence-corrected chi connectivity index (χ4v) is 6.40. The molecule has 3 heterocycles. The van der Waals surface area contributed by atoms with Crippen molar-refractivity contribution in [2.75, 3.05) is 31.6 Å². The number of hydrogen-bond donors (Lipinski definition) is 1. The maximum Gasteiger partial charge on any atom is 0.257 e. The van der Waals surface area contributed by atoms with Crippen molar-refractivity contribution in [2.24, 2.45) is 0 Å². The van der Waals surface area contributed by atoms with Gasteiger partial charge in [0.05, 0.1) is 27.3 Å². The summed E-state index contributed by atoms with van der Waals surface area (Å²) in [5.74, 6) is 0.929. The van der Waals surface area contributed by atoms with Crippen molar-refractivity contribution < 1.29 is 27.4 Å². The molecule has 0 radical (unpaired) electrons. The van der Waals surface area contributed by atoms with Crippen LogP contribution in [0.1, 0.15) is 24.2 Å². The average molecular weight is 490 g/mol. The predicted molar refractivity (Wildman–Crippen MR) is 124 cm³/mol. The third kappa shape index (κ3) is 4.41. The molecule has 1 aromatic heterocycles. The molecule has 2 atom stereocenters. The molecule has 9 nitrogen and oxygen atoms in total. The molecule has 1 amide bonds. The van der Waals surface area contributed by atoms with Crippen LogP contribution in [0, 0.1) is 0 Å². The normalized spacial score (nSPS) is 21.2. The Morgan fingerprint density at radius 1 is 1.06 bits per heavy atom. The molecule has 0 spiro atoms. The fourth-order valence-electron chi connectivity index (χ4n) is 3.94. The van der Waals surface area contributed by atoms with Gasteiger partial charge in [-0.3, -0.25) is 10.1 Å². The first-order chi connectivity index (χ1) is 15.8. The van der Waals surface area contributed by atoms with Gasteiger partial charge in [0.2, 0.25) is 10.0 Å². The van der Waals surface area contributed by atoms with Crippen LogP contribution in [0.15, 0.2) is 41.3 Å².